The summed E-state index contributed by atoms with van der Waals surface area (Å²) in [5.74, 6) is -0.977. The molecule has 2 aromatic rings. The molecule has 0 bridgehead atoms. The van der Waals surface area contributed by atoms with Crippen LogP contribution in [0.4, 0.5) is 5.69 Å². The van der Waals surface area contributed by atoms with Gasteiger partial charge < -0.3 is 5.11 Å². The number of rotatable bonds is 4. The van der Waals surface area contributed by atoms with Crippen molar-refractivity contribution in [3.05, 3.63) is 45.5 Å². The number of nitro benzene ring substituents is 1. The molecule has 1 aromatic carbocycles. The van der Waals surface area contributed by atoms with Crippen LogP contribution in [0.5, 0.6) is 0 Å². The van der Waals surface area contributed by atoms with Crippen molar-refractivity contribution in [1.29, 1.82) is 0 Å². The van der Waals surface area contributed by atoms with E-state index < -0.39 is 10.9 Å². The topological polar surface area (TPSA) is 93.3 Å². The fourth-order valence-electron chi connectivity index (χ4n) is 1.48. The predicted molar refractivity (Wildman–Crippen MR) is 65.5 cm³/mol. The molecule has 0 spiro atoms. The zero-order valence-corrected chi connectivity index (χ0v) is 9.88. The van der Waals surface area contributed by atoms with Gasteiger partial charge in [0.25, 0.3) is 5.69 Å². The summed E-state index contributed by atoms with van der Waals surface area (Å²) in [5, 5.41) is 21.6. The van der Waals surface area contributed by atoms with Crippen LogP contribution in [0.1, 0.15) is 5.69 Å². The first kappa shape index (κ1) is 12.2. The number of benzene rings is 1. The number of hydrogen-bond donors (Lipinski definition) is 1. The van der Waals surface area contributed by atoms with Crippen molar-refractivity contribution in [2.45, 2.75) is 6.42 Å². The van der Waals surface area contributed by atoms with Gasteiger partial charge in [-0.2, -0.15) is 0 Å². The standard InChI is InChI=1S/C11H8N2O4S/c14-10(15)5-7-6-18-11(12-7)8-3-1-2-4-9(8)13(16)17/h1-4,6H,5H2,(H,14,15). The molecule has 0 atom stereocenters. The van der Waals surface area contributed by atoms with Gasteiger partial charge in [0, 0.05) is 11.4 Å². The fourth-order valence-corrected chi connectivity index (χ4v) is 2.33. The van der Waals surface area contributed by atoms with Gasteiger partial charge in [-0.25, -0.2) is 4.98 Å². The molecular weight excluding hydrogens is 256 g/mol. The molecule has 0 aliphatic carbocycles. The molecule has 92 valence electrons. The minimum Gasteiger partial charge on any atom is -0.481 e. The monoisotopic (exact) mass is 264 g/mol. The largest absolute Gasteiger partial charge is 0.481 e. The number of carbonyl (C=O) groups is 1. The van der Waals surface area contributed by atoms with E-state index in [9.17, 15) is 14.9 Å². The molecule has 0 amide bonds. The van der Waals surface area contributed by atoms with Crippen LogP contribution >= 0.6 is 11.3 Å². The zero-order chi connectivity index (χ0) is 13.1. The molecule has 0 aliphatic rings. The van der Waals surface area contributed by atoms with E-state index in [1.54, 1.807) is 23.6 Å². The number of nitrogens with zero attached hydrogens (tertiary/aromatic N) is 2. The van der Waals surface area contributed by atoms with Gasteiger partial charge in [-0.3, -0.25) is 14.9 Å². The molecule has 0 saturated heterocycles. The molecule has 0 fully saturated rings. The average molecular weight is 264 g/mol. The number of aliphatic carboxylic acids is 1. The quantitative estimate of drug-likeness (QED) is 0.675. The molecule has 1 aromatic heterocycles. The summed E-state index contributed by atoms with van der Waals surface area (Å²) < 4.78 is 0. The zero-order valence-electron chi connectivity index (χ0n) is 9.07. The molecule has 18 heavy (non-hydrogen) atoms. The van der Waals surface area contributed by atoms with Gasteiger partial charge in [0.15, 0.2) is 0 Å². The summed E-state index contributed by atoms with van der Waals surface area (Å²) in [6, 6.07) is 6.25. The summed E-state index contributed by atoms with van der Waals surface area (Å²) in [6.45, 7) is 0. The Balaban J connectivity index is 2.40. The number of carboxylic acids is 1. The minimum atomic E-state index is -0.977. The van der Waals surface area contributed by atoms with Crippen LogP contribution in [-0.2, 0) is 11.2 Å². The maximum absolute atomic E-state index is 10.9. The Kier molecular flexibility index (Phi) is 3.33. The second kappa shape index (κ2) is 4.92. The van der Waals surface area contributed by atoms with E-state index in [1.165, 1.54) is 17.4 Å². The third-order valence-electron chi connectivity index (χ3n) is 2.22. The van der Waals surface area contributed by atoms with Crippen LogP contribution in [0.25, 0.3) is 10.6 Å². The Morgan fingerprint density at radius 2 is 2.17 bits per heavy atom. The van der Waals surface area contributed by atoms with Gasteiger partial charge in [0.05, 0.1) is 22.6 Å². The van der Waals surface area contributed by atoms with E-state index in [0.717, 1.165) is 0 Å². The molecule has 1 heterocycles. The number of thiazole rings is 1. The smallest absolute Gasteiger partial charge is 0.309 e. The highest BCUT2D eigenvalue weighted by atomic mass is 32.1. The van der Waals surface area contributed by atoms with Crippen molar-refractivity contribution in [3.63, 3.8) is 0 Å². The Bertz CT molecular complexity index is 609. The first-order valence-corrected chi connectivity index (χ1v) is 5.86. The molecule has 2 rings (SSSR count). The molecule has 0 radical (unpaired) electrons. The third kappa shape index (κ3) is 2.51. The molecule has 0 unspecified atom stereocenters. The van der Waals surface area contributed by atoms with E-state index in [2.05, 4.69) is 4.98 Å². The number of carboxylic acid groups (broad SMARTS) is 1. The molecule has 7 heteroatoms. The summed E-state index contributed by atoms with van der Waals surface area (Å²) >= 11 is 1.20. The van der Waals surface area contributed by atoms with E-state index in [-0.39, 0.29) is 12.1 Å². The van der Waals surface area contributed by atoms with E-state index in [4.69, 9.17) is 5.11 Å². The van der Waals surface area contributed by atoms with Gasteiger partial charge in [-0.1, -0.05) is 12.1 Å². The van der Waals surface area contributed by atoms with Crippen molar-refractivity contribution in [1.82, 2.24) is 4.98 Å². The van der Waals surface area contributed by atoms with E-state index >= 15 is 0 Å². The van der Waals surface area contributed by atoms with Gasteiger partial charge >= 0.3 is 5.97 Å². The van der Waals surface area contributed by atoms with Crippen LogP contribution in [0.15, 0.2) is 29.6 Å². The Morgan fingerprint density at radius 1 is 1.44 bits per heavy atom. The van der Waals surface area contributed by atoms with E-state index in [0.29, 0.717) is 16.3 Å². The number of nitro groups is 1. The number of para-hydroxylation sites is 1. The van der Waals surface area contributed by atoms with Crippen LogP contribution < -0.4 is 0 Å². The van der Waals surface area contributed by atoms with Gasteiger partial charge in [-0.15, -0.1) is 11.3 Å². The summed E-state index contributed by atoms with van der Waals surface area (Å²) in [4.78, 5) is 25.0. The summed E-state index contributed by atoms with van der Waals surface area (Å²) in [6.07, 6.45) is -0.183. The molecule has 1 N–H and O–H groups in total. The minimum absolute atomic E-state index is 0.0336. The highest BCUT2D eigenvalue weighted by Gasteiger charge is 2.17. The van der Waals surface area contributed by atoms with Crippen molar-refractivity contribution < 1.29 is 14.8 Å². The number of aromatic nitrogens is 1. The SMILES string of the molecule is O=C(O)Cc1csc(-c2ccccc2[N+](=O)[O-])n1. The second-order valence-electron chi connectivity index (χ2n) is 3.49. The lowest BCUT2D eigenvalue weighted by Gasteiger charge is -1.97. The van der Waals surface area contributed by atoms with Crippen molar-refractivity contribution in [2.75, 3.05) is 0 Å². The Hall–Kier alpha value is -2.28. The summed E-state index contributed by atoms with van der Waals surface area (Å²) in [5.41, 5.74) is 0.776. The number of hydrogen-bond acceptors (Lipinski definition) is 5. The predicted octanol–water partition coefficient (Wildman–Crippen LogP) is 2.35. The van der Waals surface area contributed by atoms with Crippen LogP contribution in [0.3, 0.4) is 0 Å². The fraction of sp³-hybridized carbons (Fsp3) is 0.0909. The van der Waals surface area contributed by atoms with Crippen molar-refractivity contribution in [2.24, 2.45) is 0 Å². The Morgan fingerprint density at radius 3 is 2.83 bits per heavy atom. The maximum atomic E-state index is 10.9. The highest BCUT2D eigenvalue weighted by molar-refractivity contribution is 7.13. The van der Waals surface area contributed by atoms with Crippen LogP contribution in [0, 0.1) is 10.1 Å². The van der Waals surface area contributed by atoms with Gasteiger partial charge in [0.2, 0.25) is 0 Å². The first-order valence-electron chi connectivity index (χ1n) is 4.98. The lowest BCUT2D eigenvalue weighted by molar-refractivity contribution is -0.384. The first-order chi connectivity index (χ1) is 8.58. The molecule has 0 saturated carbocycles. The van der Waals surface area contributed by atoms with Gasteiger partial charge in [0.1, 0.15) is 5.01 Å². The van der Waals surface area contributed by atoms with Crippen LogP contribution in [-0.4, -0.2) is 21.0 Å². The maximum Gasteiger partial charge on any atom is 0.309 e. The third-order valence-corrected chi connectivity index (χ3v) is 3.14. The molecule has 6 nitrogen and oxygen atoms in total. The highest BCUT2D eigenvalue weighted by Crippen LogP contribution is 2.31. The Labute approximate surface area is 106 Å². The van der Waals surface area contributed by atoms with Crippen LogP contribution in [0.2, 0.25) is 0 Å². The van der Waals surface area contributed by atoms with Crippen molar-refractivity contribution >= 4 is 23.0 Å². The van der Waals surface area contributed by atoms with Gasteiger partial charge in [-0.05, 0) is 6.07 Å². The lowest BCUT2D eigenvalue weighted by atomic mass is 10.2. The van der Waals surface area contributed by atoms with E-state index in [1.807, 2.05) is 0 Å². The molecule has 0 aliphatic heterocycles. The summed E-state index contributed by atoms with van der Waals surface area (Å²) in [7, 11) is 0. The lowest BCUT2D eigenvalue weighted by Crippen LogP contribution is -2.00. The molecular formula is C11H8N2O4S. The second-order valence-corrected chi connectivity index (χ2v) is 4.35. The average Bonchev–Trinajstić information content (AvgIpc) is 2.76. The van der Waals surface area contributed by atoms with Crippen molar-refractivity contribution in [3.8, 4) is 10.6 Å². The normalized spacial score (nSPS) is 10.2.